The van der Waals surface area contributed by atoms with Gasteiger partial charge in [0, 0.05) is 11.6 Å². The highest BCUT2D eigenvalue weighted by atomic mass is 16.5. The maximum absolute atomic E-state index is 9.31. The number of phenols is 1. The highest BCUT2D eigenvalue weighted by Crippen LogP contribution is 2.38. The molecule has 1 aromatic rings. The molecule has 0 amide bonds. The molecule has 0 saturated carbocycles. The Balaban J connectivity index is 2.16. The van der Waals surface area contributed by atoms with E-state index in [0.29, 0.717) is 0 Å². The van der Waals surface area contributed by atoms with Crippen molar-refractivity contribution in [1.82, 2.24) is 0 Å². The third-order valence-corrected chi connectivity index (χ3v) is 2.61. The van der Waals surface area contributed by atoms with Gasteiger partial charge in [-0.1, -0.05) is 0 Å². The number of rotatable bonds is 0. The van der Waals surface area contributed by atoms with Crippen molar-refractivity contribution < 1.29 is 9.84 Å². The zero-order chi connectivity index (χ0) is 9.54. The van der Waals surface area contributed by atoms with Gasteiger partial charge in [0.25, 0.3) is 0 Å². The van der Waals surface area contributed by atoms with Gasteiger partial charge in [0.15, 0.2) is 0 Å². The Bertz CT molecular complexity index is 455. The zero-order valence-corrected chi connectivity index (χ0v) is 7.66. The quantitative estimate of drug-likeness (QED) is 0.675. The van der Waals surface area contributed by atoms with Gasteiger partial charge in [0.2, 0.25) is 0 Å². The van der Waals surface area contributed by atoms with Gasteiger partial charge in [-0.15, -0.1) is 0 Å². The Hall–Kier alpha value is -1.70. The van der Waals surface area contributed by atoms with Crippen molar-refractivity contribution in [2.75, 3.05) is 0 Å². The lowest BCUT2D eigenvalue weighted by Gasteiger charge is -2.17. The average Bonchev–Trinajstić information content (AvgIpc) is 2.61. The molecular formula is C12H10O2. The number of benzene rings is 1. The molecule has 0 saturated heterocycles. The second-order valence-corrected chi connectivity index (χ2v) is 3.60. The van der Waals surface area contributed by atoms with Crippen molar-refractivity contribution in [3.63, 3.8) is 0 Å². The van der Waals surface area contributed by atoms with E-state index < -0.39 is 0 Å². The van der Waals surface area contributed by atoms with E-state index in [4.69, 9.17) is 4.74 Å². The molecule has 2 aliphatic rings. The predicted molar refractivity (Wildman–Crippen MR) is 54.0 cm³/mol. The van der Waals surface area contributed by atoms with Gasteiger partial charge in [-0.3, -0.25) is 0 Å². The second-order valence-electron chi connectivity index (χ2n) is 3.60. The SMILES string of the molecule is Oc1ccc2c(c1)OC1=CCCC1=C2. The van der Waals surface area contributed by atoms with Crippen LogP contribution < -0.4 is 4.74 Å². The Morgan fingerprint density at radius 3 is 3.14 bits per heavy atom. The van der Waals surface area contributed by atoms with Gasteiger partial charge in [-0.05, 0) is 42.7 Å². The number of ether oxygens (including phenoxy) is 1. The van der Waals surface area contributed by atoms with Crippen LogP contribution in [0.15, 0.2) is 35.6 Å². The number of phenolic OH excluding ortho intramolecular Hbond substituents is 1. The molecule has 1 heterocycles. The van der Waals surface area contributed by atoms with Gasteiger partial charge in [-0.25, -0.2) is 0 Å². The third kappa shape index (κ3) is 1.04. The molecule has 3 rings (SSSR count). The Morgan fingerprint density at radius 1 is 1.29 bits per heavy atom. The summed E-state index contributed by atoms with van der Waals surface area (Å²) in [4.78, 5) is 0. The van der Waals surface area contributed by atoms with Crippen molar-refractivity contribution >= 4 is 6.08 Å². The normalized spacial score (nSPS) is 17.7. The van der Waals surface area contributed by atoms with Crippen LogP contribution in [0.2, 0.25) is 0 Å². The lowest BCUT2D eigenvalue weighted by atomic mass is 10.1. The van der Waals surface area contributed by atoms with Gasteiger partial charge < -0.3 is 9.84 Å². The smallest absolute Gasteiger partial charge is 0.138 e. The fraction of sp³-hybridized carbons (Fsp3) is 0.167. The van der Waals surface area contributed by atoms with E-state index in [2.05, 4.69) is 12.2 Å². The van der Waals surface area contributed by atoms with Crippen LogP contribution in [0.1, 0.15) is 18.4 Å². The van der Waals surface area contributed by atoms with Crippen molar-refractivity contribution in [2.45, 2.75) is 12.8 Å². The minimum absolute atomic E-state index is 0.249. The molecule has 1 aliphatic carbocycles. The first kappa shape index (κ1) is 7.68. The zero-order valence-electron chi connectivity index (χ0n) is 7.66. The van der Waals surface area contributed by atoms with Crippen LogP contribution in [-0.2, 0) is 0 Å². The van der Waals surface area contributed by atoms with Crippen molar-refractivity contribution in [3.8, 4) is 11.5 Å². The van der Waals surface area contributed by atoms with Crippen LogP contribution in [0, 0.1) is 0 Å². The Labute approximate surface area is 82.1 Å². The monoisotopic (exact) mass is 186 g/mol. The summed E-state index contributed by atoms with van der Waals surface area (Å²) in [6, 6.07) is 5.22. The molecule has 1 aromatic carbocycles. The predicted octanol–water partition coefficient (Wildman–Crippen LogP) is 2.85. The van der Waals surface area contributed by atoms with Crippen LogP contribution in [0.25, 0.3) is 6.08 Å². The summed E-state index contributed by atoms with van der Waals surface area (Å²) in [5.41, 5.74) is 2.32. The van der Waals surface area contributed by atoms with Gasteiger partial charge in [0.1, 0.15) is 17.3 Å². The lowest BCUT2D eigenvalue weighted by molar-refractivity contribution is 0.424. The van der Waals surface area contributed by atoms with Gasteiger partial charge in [-0.2, -0.15) is 0 Å². The number of hydrogen-bond donors (Lipinski definition) is 1. The minimum atomic E-state index is 0.249. The summed E-state index contributed by atoms with van der Waals surface area (Å²) in [7, 11) is 0. The highest BCUT2D eigenvalue weighted by molar-refractivity contribution is 5.68. The van der Waals surface area contributed by atoms with E-state index in [1.54, 1.807) is 12.1 Å². The summed E-state index contributed by atoms with van der Waals surface area (Å²) in [5.74, 6) is 1.96. The van der Waals surface area contributed by atoms with Crippen LogP contribution >= 0.6 is 0 Å². The van der Waals surface area contributed by atoms with E-state index in [1.807, 2.05) is 6.07 Å². The Kier molecular flexibility index (Phi) is 1.45. The van der Waals surface area contributed by atoms with Crippen LogP contribution in [0.4, 0.5) is 0 Å². The fourth-order valence-corrected chi connectivity index (χ4v) is 1.90. The molecule has 1 N–H and O–H groups in total. The molecule has 0 fully saturated rings. The largest absolute Gasteiger partial charge is 0.508 e. The maximum atomic E-state index is 9.31. The van der Waals surface area contributed by atoms with E-state index in [9.17, 15) is 5.11 Å². The topological polar surface area (TPSA) is 29.5 Å². The van der Waals surface area contributed by atoms with E-state index >= 15 is 0 Å². The minimum Gasteiger partial charge on any atom is -0.508 e. The number of hydrogen-bond acceptors (Lipinski definition) is 2. The third-order valence-electron chi connectivity index (χ3n) is 2.61. The molecular weight excluding hydrogens is 176 g/mol. The summed E-state index contributed by atoms with van der Waals surface area (Å²) in [5, 5.41) is 9.31. The lowest BCUT2D eigenvalue weighted by Crippen LogP contribution is -2.01. The van der Waals surface area contributed by atoms with Crippen LogP contribution in [0.5, 0.6) is 11.5 Å². The maximum Gasteiger partial charge on any atom is 0.138 e. The van der Waals surface area contributed by atoms with Crippen molar-refractivity contribution in [2.24, 2.45) is 0 Å². The first-order valence-electron chi connectivity index (χ1n) is 4.75. The van der Waals surface area contributed by atoms with Crippen molar-refractivity contribution in [3.05, 3.63) is 41.2 Å². The van der Waals surface area contributed by atoms with E-state index in [1.165, 1.54) is 5.57 Å². The van der Waals surface area contributed by atoms with Gasteiger partial charge >= 0.3 is 0 Å². The van der Waals surface area contributed by atoms with E-state index in [-0.39, 0.29) is 5.75 Å². The molecule has 2 heteroatoms. The first-order chi connectivity index (χ1) is 6.83. The highest BCUT2D eigenvalue weighted by Gasteiger charge is 2.20. The molecule has 0 radical (unpaired) electrons. The standard InChI is InChI=1S/C12H10O2/c13-10-5-4-9-6-8-2-1-3-11(8)14-12(9)7-10/h3-7,13H,1-2H2. The number of fused-ring (bicyclic) bond motifs is 2. The molecule has 1 aliphatic heterocycles. The average molecular weight is 186 g/mol. The second kappa shape index (κ2) is 2.64. The fourth-order valence-electron chi connectivity index (χ4n) is 1.90. The summed E-state index contributed by atoms with van der Waals surface area (Å²) in [6.45, 7) is 0. The molecule has 70 valence electrons. The summed E-state index contributed by atoms with van der Waals surface area (Å²) >= 11 is 0. The van der Waals surface area contributed by atoms with Crippen LogP contribution in [-0.4, -0.2) is 5.11 Å². The summed E-state index contributed by atoms with van der Waals surface area (Å²) in [6.07, 6.45) is 6.35. The van der Waals surface area contributed by atoms with Gasteiger partial charge in [0.05, 0.1) is 0 Å². The Morgan fingerprint density at radius 2 is 2.21 bits per heavy atom. The number of aromatic hydroxyl groups is 1. The first-order valence-corrected chi connectivity index (χ1v) is 4.75. The molecule has 0 bridgehead atoms. The molecule has 0 atom stereocenters. The van der Waals surface area contributed by atoms with Crippen molar-refractivity contribution in [1.29, 1.82) is 0 Å². The molecule has 14 heavy (non-hydrogen) atoms. The van der Waals surface area contributed by atoms with E-state index in [0.717, 1.165) is 29.9 Å². The van der Waals surface area contributed by atoms with Crippen LogP contribution in [0.3, 0.4) is 0 Å². The molecule has 0 spiro atoms. The number of allylic oxidation sites excluding steroid dienone is 2. The molecule has 0 aromatic heterocycles. The molecule has 2 nitrogen and oxygen atoms in total. The summed E-state index contributed by atoms with van der Waals surface area (Å²) < 4.78 is 5.67. The molecule has 0 unspecified atom stereocenters.